The van der Waals surface area contributed by atoms with Crippen LogP contribution in [0.3, 0.4) is 0 Å². The Morgan fingerprint density at radius 1 is 1.11 bits per heavy atom. The summed E-state index contributed by atoms with van der Waals surface area (Å²) in [6.07, 6.45) is 7.58. The maximum atomic E-state index is 12.6. The summed E-state index contributed by atoms with van der Waals surface area (Å²) in [5.74, 6) is -0.511. The summed E-state index contributed by atoms with van der Waals surface area (Å²) in [7, 11) is 0. The van der Waals surface area contributed by atoms with Crippen LogP contribution in [0, 0.1) is 6.92 Å². The molecule has 2 rings (SSSR count). The van der Waals surface area contributed by atoms with E-state index in [2.05, 4.69) is 17.6 Å². The second kappa shape index (κ2) is 11.5. The number of anilines is 1. The molecule has 1 aromatic carbocycles. The van der Waals surface area contributed by atoms with Gasteiger partial charge in [-0.3, -0.25) is 14.4 Å². The van der Waals surface area contributed by atoms with Crippen LogP contribution in [0.5, 0.6) is 0 Å². The molecule has 2 N–H and O–H groups in total. The SMILES string of the molecule is CCCCC(=O)N(CC(=O)NCC(=O)Nc1cccc(C)c1)C1CCCCC1. The second-order valence-electron chi connectivity index (χ2n) is 7.61. The largest absolute Gasteiger partial charge is 0.345 e. The van der Waals surface area contributed by atoms with Gasteiger partial charge in [0.15, 0.2) is 0 Å². The van der Waals surface area contributed by atoms with E-state index in [4.69, 9.17) is 0 Å². The quantitative estimate of drug-likeness (QED) is 0.682. The number of nitrogens with zero attached hydrogens (tertiary/aromatic N) is 1. The smallest absolute Gasteiger partial charge is 0.243 e. The third-order valence-corrected chi connectivity index (χ3v) is 5.14. The van der Waals surface area contributed by atoms with E-state index >= 15 is 0 Å². The van der Waals surface area contributed by atoms with Crippen molar-refractivity contribution in [2.45, 2.75) is 71.3 Å². The summed E-state index contributed by atoms with van der Waals surface area (Å²) in [5, 5.41) is 5.42. The van der Waals surface area contributed by atoms with E-state index in [1.807, 2.05) is 31.2 Å². The summed E-state index contributed by atoms with van der Waals surface area (Å²) in [5.41, 5.74) is 1.76. The highest BCUT2D eigenvalue weighted by atomic mass is 16.2. The Morgan fingerprint density at radius 2 is 1.86 bits per heavy atom. The normalized spacial score (nSPS) is 14.4. The molecule has 6 heteroatoms. The van der Waals surface area contributed by atoms with Crippen molar-refractivity contribution < 1.29 is 14.4 Å². The van der Waals surface area contributed by atoms with Crippen LogP contribution < -0.4 is 10.6 Å². The molecule has 1 aliphatic rings. The molecule has 0 bridgehead atoms. The van der Waals surface area contributed by atoms with Crippen LogP contribution in [0.15, 0.2) is 24.3 Å². The van der Waals surface area contributed by atoms with Crippen LogP contribution >= 0.6 is 0 Å². The summed E-state index contributed by atoms with van der Waals surface area (Å²) in [4.78, 5) is 38.8. The van der Waals surface area contributed by atoms with Crippen LogP contribution in [0.25, 0.3) is 0 Å². The van der Waals surface area contributed by atoms with Gasteiger partial charge in [-0.15, -0.1) is 0 Å². The number of nitrogens with one attached hydrogen (secondary N) is 2. The number of aryl methyl sites for hydroxylation is 1. The van der Waals surface area contributed by atoms with Gasteiger partial charge < -0.3 is 15.5 Å². The van der Waals surface area contributed by atoms with Crippen molar-refractivity contribution in [2.75, 3.05) is 18.4 Å². The predicted octanol–water partition coefficient (Wildman–Crippen LogP) is 3.40. The highest BCUT2D eigenvalue weighted by Gasteiger charge is 2.26. The number of carbonyl (C=O) groups is 3. The summed E-state index contributed by atoms with van der Waals surface area (Å²) in [6, 6.07) is 7.64. The molecule has 1 saturated carbocycles. The average Bonchev–Trinajstić information content (AvgIpc) is 2.69. The summed E-state index contributed by atoms with van der Waals surface area (Å²) < 4.78 is 0. The van der Waals surface area contributed by atoms with Gasteiger partial charge in [0.05, 0.1) is 13.1 Å². The van der Waals surface area contributed by atoms with Crippen molar-refractivity contribution >= 4 is 23.4 Å². The molecule has 28 heavy (non-hydrogen) atoms. The van der Waals surface area contributed by atoms with Crippen molar-refractivity contribution in [1.82, 2.24) is 10.2 Å². The van der Waals surface area contributed by atoms with Crippen LogP contribution in [-0.2, 0) is 14.4 Å². The Labute approximate surface area is 168 Å². The Balaban J connectivity index is 1.85. The predicted molar refractivity (Wildman–Crippen MR) is 111 cm³/mol. The van der Waals surface area contributed by atoms with E-state index in [0.29, 0.717) is 12.1 Å². The third kappa shape index (κ3) is 7.33. The highest BCUT2D eigenvalue weighted by molar-refractivity contribution is 5.95. The molecule has 0 unspecified atom stereocenters. The van der Waals surface area contributed by atoms with Crippen molar-refractivity contribution in [1.29, 1.82) is 0 Å². The fourth-order valence-corrected chi connectivity index (χ4v) is 3.60. The van der Waals surface area contributed by atoms with Gasteiger partial charge in [0.2, 0.25) is 17.7 Å². The maximum absolute atomic E-state index is 12.6. The van der Waals surface area contributed by atoms with Gasteiger partial charge in [0, 0.05) is 18.2 Å². The Hall–Kier alpha value is -2.37. The number of amides is 3. The molecule has 0 heterocycles. The zero-order chi connectivity index (χ0) is 20.4. The number of unbranched alkanes of at least 4 members (excludes halogenated alkanes) is 1. The van der Waals surface area contributed by atoms with Gasteiger partial charge in [-0.1, -0.05) is 44.7 Å². The lowest BCUT2D eigenvalue weighted by Crippen LogP contribution is -2.48. The molecule has 3 amide bonds. The highest BCUT2D eigenvalue weighted by Crippen LogP contribution is 2.23. The molecule has 1 aromatic rings. The molecular formula is C22H33N3O3. The van der Waals surface area contributed by atoms with Gasteiger partial charge in [0.25, 0.3) is 0 Å². The van der Waals surface area contributed by atoms with Crippen LogP contribution in [0.2, 0.25) is 0 Å². The molecule has 0 aromatic heterocycles. The van der Waals surface area contributed by atoms with Crippen molar-refractivity contribution in [3.63, 3.8) is 0 Å². The number of benzene rings is 1. The van der Waals surface area contributed by atoms with Crippen LogP contribution in [0.4, 0.5) is 5.69 Å². The van der Waals surface area contributed by atoms with Crippen molar-refractivity contribution in [3.8, 4) is 0 Å². The average molecular weight is 388 g/mol. The van der Waals surface area contributed by atoms with E-state index < -0.39 is 0 Å². The lowest BCUT2D eigenvalue weighted by molar-refractivity contribution is -0.139. The first-order chi connectivity index (χ1) is 13.5. The third-order valence-electron chi connectivity index (χ3n) is 5.14. The van der Waals surface area contributed by atoms with Gasteiger partial charge in [-0.25, -0.2) is 0 Å². The maximum Gasteiger partial charge on any atom is 0.243 e. The van der Waals surface area contributed by atoms with E-state index in [1.54, 1.807) is 4.90 Å². The molecule has 0 atom stereocenters. The molecule has 0 spiro atoms. The molecule has 0 radical (unpaired) electrons. The topological polar surface area (TPSA) is 78.5 Å². The first kappa shape index (κ1) is 21.9. The van der Waals surface area contributed by atoms with Gasteiger partial charge >= 0.3 is 0 Å². The lowest BCUT2D eigenvalue weighted by atomic mass is 9.93. The molecule has 0 saturated heterocycles. The molecule has 0 aliphatic heterocycles. The lowest BCUT2D eigenvalue weighted by Gasteiger charge is -2.34. The zero-order valence-corrected chi connectivity index (χ0v) is 17.1. The van der Waals surface area contributed by atoms with E-state index in [9.17, 15) is 14.4 Å². The van der Waals surface area contributed by atoms with Gasteiger partial charge in [0.1, 0.15) is 0 Å². The molecule has 154 valence electrons. The summed E-state index contributed by atoms with van der Waals surface area (Å²) in [6.45, 7) is 3.93. The van der Waals surface area contributed by atoms with Crippen LogP contribution in [0.1, 0.15) is 63.9 Å². The number of carbonyl (C=O) groups excluding carboxylic acids is 3. The van der Waals surface area contributed by atoms with Crippen molar-refractivity contribution in [3.05, 3.63) is 29.8 Å². The van der Waals surface area contributed by atoms with Crippen LogP contribution in [-0.4, -0.2) is 41.8 Å². The number of hydrogen-bond acceptors (Lipinski definition) is 3. The summed E-state index contributed by atoms with van der Waals surface area (Å²) >= 11 is 0. The van der Waals surface area contributed by atoms with Crippen molar-refractivity contribution in [2.24, 2.45) is 0 Å². The Kier molecular flexibility index (Phi) is 8.98. The van der Waals surface area contributed by atoms with E-state index in [-0.39, 0.29) is 36.9 Å². The molecule has 6 nitrogen and oxygen atoms in total. The molecular weight excluding hydrogens is 354 g/mol. The minimum absolute atomic E-state index is 0.0327. The van der Waals surface area contributed by atoms with E-state index in [1.165, 1.54) is 6.42 Å². The zero-order valence-electron chi connectivity index (χ0n) is 17.1. The van der Waals surface area contributed by atoms with E-state index in [0.717, 1.165) is 44.1 Å². The fourth-order valence-electron chi connectivity index (χ4n) is 3.60. The number of rotatable bonds is 9. The Morgan fingerprint density at radius 3 is 2.54 bits per heavy atom. The molecule has 1 aliphatic carbocycles. The Bertz CT molecular complexity index is 669. The minimum Gasteiger partial charge on any atom is -0.345 e. The van der Waals surface area contributed by atoms with Gasteiger partial charge in [-0.05, 0) is 43.9 Å². The second-order valence-corrected chi connectivity index (χ2v) is 7.61. The molecule has 1 fully saturated rings. The first-order valence-electron chi connectivity index (χ1n) is 10.4. The minimum atomic E-state index is -0.283. The standard InChI is InChI=1S/C22H33N3O3/c1-3-4-13-22(28)25(19-11-6-5-7-12-19)16-21(27)23-15-20(26)24-18-10-8-9-17(2)14-18/h8-10,14,19H,3-7,11-13,15-16H2,1-2H3,(H,23,27)(H,24,26). The fraction of sp³-hybridized carbons (Fsp3) is 0.591. The first-order valence-corrected chi connectivity index (χ1v) is 10.4. The van der Waals surface area contributed by atoms with Gasteiger partial charge in [-0.2, -0.15) is 0 Å². The number of hydrogen-bond donors (Lipinski definition) is 2. The monoisotopic (exact) mass is 387 g/mol.